The molecule has 24 heteroatoms. The number of aromatic nitrogens is 2. The molecular weight excluding hydrogens is 1070 g/mol. The van der Waals surface area contributed by atoms with Crippen LogP contribution in [0.4, 0.5) is 87.8 Å². The predicted molar refractivity (Wildman–Crippen MR) is 238 cm³/mol. The minimum absolute atomic E-state index is 0.710. The normalized spacial score (nSPS) is 11.7. The zero-order valence-corrected chi connectivity index (χ0v) is 37.6. The average Bonchev–Trinajstić information content (AvgIpc) is 3.63. The Bertz CT molecular complexity index is 3680. The maximum absolute atomic E-state index is 15.4. The summed E-state index contributed by atoms with van der Waals surface area (Å²) < 4.78 is 303. The summed E-state index contributed by atoms with van der Waals surface area (Å²) in [6.07, 6.45) is -1.67. The summed E-state index contributed by atoms with van der Waals surface area (Å²) in [4.78, 5) is 4.35. The molecule has 77 heavy (non-hydrogen) atoms. The standard InChI is InChI=1S/C29H21N2O.C24BF20/c1-2-8-21(9-3-1)20-31-15-14-30-19-28(31)32-29-26-13-7-6-12-24(26)17-25-16-22-10-4-5-11-23(22)18-27(25)29;26-5-1(6(27)14(35)21(42)13(5)34)25(2-7(28)15(36)22(43)16(37)8(2)29,3-9(30)17(38)23(44)18(39)10(3)31)4-11(32)19(40)24(45)20(41)12(4)33/h1-19H,20H2;/q+1;-1. The molecule has 10 aromatic rings. The Kier molecular flexibility index (Phi) is 13.9. The van der Waals surface area contributed by atoms with Crippen molar-refractivity contribution in [3.8, 4) is 11.6 Å². The quantitative estimate of drug-likeness (QED) is 0.0378. The number of hydrogen-bond acceptors (Lipinski definition) is 2. The van der Waals surface area contributed by atoms with Gasteiger partial charge >= 0.3 is 5.88 Å². The van der Waals surface area contributed by atoms with Crippen molar-refractivity contribution in [2.75, 3.05) is 0 Å². The van der Waals surface area contributed by atoms with Crippen molar-refractivity contribution in [3.05, 3.63) is 238 Å². The molecule has 0 bridgehead atoms. The topological polar surface area (TPSA) is 26.0 Å². The number of hydrogen-bond donors (Lipinski definition) is 0. The zero-order valence-electron chi connectivity index (χ0n) is 37.6. The van der Waals surface area contributed by atoms with Crippen molar-refractivity contribution in [1.29, 1.82) is 0 Å². The lowest BCUT2D eigenvalue weighted by Crippen LogP contribution is -2.81. The third kappa shape index (κ3) is 8.45. The minimum Gasteiger partial charge on any atom is -0.403 e. The predicted octanol–water partition coefficient (Wildman–Crippen LogP) is 12.5. The summed E-state index contributed by atoms with van der Waals surface area (Å²) in [7, 11) is 0. The van der Waals surface area contributed by atoms with Gasteiger partial charge in [0.05, 0.1) is 6.20 Å². The maximum Gasteiger partial charge on any atom is 0.392 e. The van der Waals surface area contributed by atoms with E-state index in [4.69, 9.17) is 4.74 Å². The van der Waals surface area contributed by atoms with Crippen LogP contribution >= 0.6 is 0 Å². The van der Waals surface area contributed by atoms with Gasteiger partial charge in [0.2, 0.25) is 0 Å². The first-order valence-corrected chi connectivity index (χ1v) is 21.7. The number of ether oxygens (including phenoxy) is 1. The summed E-state index contributed by atoms with van der Waals surface area (Å²) in [5.41, 5.74) is -13.1. The van der Waals surface area contributed by atoms with Crippen LogP contribution in [0.25, 0.3) is 32.3 Å². The first-order valence-electron chi connectivity index (χ1n) is 21.7. The molecule has 0 aliphatic carbocycles. The van der Waals surface area contributed by atoms with Gasteiger partial charge in [-0.1, -0.05) is 78.9 Å². The molecule has 0 fully saturated rings. The van der Waals surface area contributed by atoms with E-state index in [9.17, 15) is 52.7 Å². The number of benzene rings is 9. The van der Waals surface area contributed by atoms with Gasteiger partial charge < -0.3 is 4.74 Å². The number of fused-ring (bicyclic) bond motifs is 3. The molecule has 0 radical (unpaired) electrons. The molecule has 10 rings (SSSR count). The molecule has 1 aromatic heterocycles. The molecule has 0 unspecified atom stereocenters. The second-order valence-corrected chi connectivity index (χ2v) is 16.8. The maximum atomic E-state index is 15.4. The Morgan fingerprint density at radius 3 is 1.10 bits per heavy atom. The average molecular weight is 1090 g/mol. The zero-order chi connectivity index (χ0) is 55.7. The van der Waals surface area contributed by atoms with Gasteiger partial charge in [-0.2, -0.15) is 4.57 Å². The van der Waals surface area contributed by atoms with E-state index in [-0.39, 0.29) is 0 Å². The summed E-state index contributed by atoms with van der Waals surface area (Å²) in [5, 5.41) is 6.92. The fourth-order valence-corrected chi connectivity index (χ4v) is 9.17. The van der Waals surface area contributed by atoms with Crippen LogP contribution in [0.2, 0.25) is 0 Å². The van der Waals surface area contributed by atoms with Crippen LogP contribution in [0.1, 0.15) is 5.56 Å². The molecule has 0 saturated carbocycles. The van der Waals surface area contributed by atoms with Crippen LogP contribution in [0, 0.1) is 116 Å². The Balaban J connectivity index is 0.000000197. The number of halogens is 20. The summed E-state index contributed by atoms with van der Waals surface area (Å²) in [5.74, 6) is -69.8. The van der Waals surface area contributed by atoms with Gasteiger partial charge in [-0.15, -0.1) is 21.9 Å². The summed E-state index contributed by atoms with van der Waals surface area (Å²) >= 11 is 0. The molecule has 0 aliphatic heterocycles. The van der Waals surface area contributed by atoms with Gasteiger partial charge in [-0.25, -0.2) is 92.8 Å². The molecule has 1 heterocycles. The third-order valence-corrected chi connectivity index (χ3v) is 12.6. The molecule has 3 nitrogen and oxygen atoms in total. The molecule has 0 saturated heterocycles. The monoisotopic (exact) mass is 1090 g/mol. The van der Waals surface area contributed by atoms with E-state index in [1.807, 2.05) is 12.3 Å². The third-order valence-electron chi connectivity index (χ3n) is 12.6. The van der Waals surface area contributed by atoms with Crippen LogP contribution < -0.4 is 31.2 Å². The fraction of sp³-hybridized carbons (Fsp3) is 0.0189. The first kappa shape index (κ1) is 53.1. The summed E-state index contributed by atoms with van der Waals surface area (Å²) in [6.45, 7) is 0.713. The lowest BCUT2D eigenvalue weighted by Gasteiger charge is -2.44. The second-order valence-electron chi connectivity index (χ2n) is 16.8. The molecule has 0 spiro atoms. The lowest BCUT2D eigenvalue weighted by atomic mass is 9.12. The van der Waals surface area contributed by atoms with Crippen LogP contribution in [-0.4, -0.2) is 11.1 Å². The molecule has 0 aliphatic rings. The van der Waals surface area contributed by atoms with Crippen LogP contribution in [-0.2, 0) is 6.54 Å². The van der Waals surface area contributed by atoms with E-state index in [1.165, 1.54) is 16.3 Å². The van der Waals surface area contributed by atoms with Gasteiger partial charge in [0.1, 0.15) is 64.6 Å². The molecule has 0 atom stereocenters. The molecule has 392 valence electrons. The van der Waals surface area contributed by atoms with Crippen LogP contribution in [0.5, 0.6) is 11.6 Å². The van der Waals surface area contributed by atoms with E-state index in [1.54, 1.807) is 12.4 Å². The highest BCUT2D eigenvalue weighted by atomic mass is 19.2. The van der Waals surface area contributed by atoms with Crippen molar-refractivity contribution in [2.24, 2.45) is 0 Å². The lowest BCUT2D eigenvalue weighted by molar-refractivity contribution is -0.692. The van der Waals surface area contributed by atoms with Crippen molar-refractivity contribution in [3.63, 3.8) is 0 Å². The molecule has 9 aromatic carbocycles. The Labute approximate surface area is 417 Å². The van der Waals surface area contributed by atoms with Crippen LogP contribution in [0.3, 0.4) is 0 Å². The van der Waals surface area contributed by atoms with Crippen molar-refractivity contribution in [2.45, 2.75) is 6.54 Å². The van der Waals surface area contributed by atoms with E-state index in [0.717, 1.165) is 27.3 Å². The molecule has 0 N–H and O–H groups in total. The number of rotatable bonds is 8. The SMILES string of the molecule is Fc1c(F)c(F)c([B-](c2c(F)c(F)c(F)c(F)c2F)(c2c(F)c(F)c(F)c(F)c2F)c2c(F)c(F)c(F)c(F)c2F)c(F)c1F.c1ccc(C[n+]2ccncc2Oc2c3ccccc3cc3cc4ccccc4cc23)cc1. The van der Waals surface area contributed by atoms with Gasteiger partial charge in [-0.05, 0) is 39.7 Å². The Morgan fingerprint density at radius 1 is 0.351 bits per heavy atom. The minimum atomic E-state index is -7.22. The fourth-order valence-electron chi connectivity index (χ4n) is 9.17. The molecular formula is C53H21BF20N2O. The van der Waals surface area contributed by atoms with Crippen molar-refractivity contribution < 1.29 is 97.1 Å². The van der Waals surface area contributed by atoms with Crippen LogP contribution in [0.15, 0.2) is 116 Å². The van der Waals surface area contributed by atoms with E-state index in [0.29, 0.717) is 12.4 Å². The van der Waals surface area contributed by atoms with Gasteiger partial charge in [0, 0.05) is 16.3 Å². The Hall–Kier alpha value is -8.70. The van der Waals surface area contributed by atoms with E-state index in [2.05, 4.69) is 101 Å². The van der Waals surface area contributed by atoms with E-state index >= 15 is 35.1 Å². The summed E-state index contributed by atoms with van der Waals surface area (Å²) in [6, 6.07) is 33.9. The van der Waals surface area contributed by atoms with Gasteiger partial charge in [0.15, 0.2) is 82.5 Å². The molecule has 0 amide bonds. The Morgan fingerprint density at radius 2 is 0.688 bits per heavy atom. The largest absolute Gasteiger partial charge is 0.403 e. The van der Waals surface area contributed by atoms with E-state index < -0.39 is 144 Å². The highest BCUT2D eigenvalue weighted by Gasteiger charge is 2.52. The van der Waals surface area contributed by atoms with Gasteiger partial charge in [0.25, 0.3) is 0 Å². The van der Waals surface area contributed by atoms with Crippen molar-refractivity contribution >= 4 is 60.3 Å². The highest BCUT2D eigenvalue weighted by Crippen LogP contribution is 2.39. The van der Waals surface area contributed by atoms with Gasteiger partial charge in [-0.3, -0.25) is 0 Å². The number of nitrogens with zero attached hydrogens (tertiary/aromatic N) is 2. The first-order chi connectivity index (χ1) is 36.6. The smallest absolute Gasteiger partial charge is 0.392 e. The van der Waals surface area contributed by atoms with Crippen molar-refractivity contribution in [1.82, 2.24) is 4.98 Å². The second kappa shape index (κ2) is 20.1. The highest BCUT2D eigenvalue weighted by molar-refractivity contribution is 7.20.